The summed E-state index contributed by atoms with van der Waals surface area (Å²) in [6, 6.07) is 8.50. The Bertz CT molecular complexity index is 857. The van der Waals surface area contributed by atoms with Crippen molar-refractivity contribution in [1.29, 1.82) is 0 Å². The molecule has 1 saturated heterocycles. The quantitative estimate of drug-likeness (QED) is 0.744. The van der Waals surface area contributed by atoms with E-state index in [4.69, 9.17) is 0 Å². The molecule has 0 atom stereocenters. The molecular weight excluding hydrogens is 394 g/mol. The molecule has 0 unspecified atom stereocenters. The van der Waals surface area contributed by atoms with Gasteiger partial charge >= 0.3 is 0 Å². The van der Waals surface area contributed by atoms with Crippen molar-refractivity contribution >= 4 is 33.0 Å². The fourth-order valence-electron chi connectivity index (χ4n) is 3.34. The number of amides is 1. The van der Waals surface area contributed by atoms with Crippen LogP contribution in [0.15, 0.2) is 46.0 Å². The zero-order chi connectivity index (χ0) is 20.0. The van der Waals surface area contributed by atoms with E-state index in [1.54, 1.807) is 39.9 Å². The van der Waals surface area contributed by atoms with Crippen LogP contribution < -0.4 is 5.32 Å². The zero-order valence-corrected chi connectivity index (χ0v) is 17.8. The van der Waals surface area contributed by atoms with Gasteiger partial charge in [0.1, 0.15) is 0 Å². The highest BCUT2D eigenvalue weighted by Gasteiger charge is 2.25. The van der Waals surface area contributed by atoms with E-state index in [0.29, 0.717) is 25.3 Å². The van der Waals surface area contributed by atoms with Gasteiger partial charge in [0.15, 0.2) is 0 Å². The number of rotatable bonds is 7. The molecule has 1 aliphatic rings. The fourth-order valence-corrected chi connectivity index (χ4v) is 5.51. The van der Waals surface area contributed by atoms with Crippen molar-refractivity contribution < 1.29 is 13.2 Å². The largest absolute Gasteiger partial charge is 0.325 e. The van der Waals surface area contributed by atoms with Gasteiger partial charge in [-0.3, -0.25) is 9.69 Å². The number of hydrogen-bond acceptors (Lipinski definition) is 5. The monoisotopic (exact) mass is 421 g/mol. The average Bonchev–Trinajstić information content (AvgIpc) is 3.00. The maximum Gasteiger partial charge on any atom is 0.243 e. The maximum atomic E-state index is 12.8. The highest BCUT2D eigenvalue weighted by Crippen LogP contribution is 2.21. The Hall–Kier alpha value is -1.74. The van der Waals surface area contributed by atoms with Crippen molar-refractivity contribution in [1.82, 2.24) is 9.21 Å². The molecule has 152 valence electrons. The maximum absolute atomic E-state index is 12.8. The molecule has 1 amide bonds. The molecule has 0 spiro atoms. The normalized spacial score (nSPS) is 16.1. The van der Waals surface area contributed by atoms with Crippen LogP contribution >= 0.6 is 11.3 Å². The summed E-state index contributed by atoms with van der Waals surface area (Å²) in [5.74, 6) is -0.124. The summed E-state index contributed by atoms with van der Waals surface area (Å²) in [5.41, 5.74) is 1.78. The molecule has 0 bridgehead atoms. The SMILES string of the molecule is CN(CC(=O)Nc1ccc(S(=O)(=O)N2CCCCCC2)cc1)Cc1ccsc1. The Kier molecular flexibility index (Phi) is 7.23. The summed E-state index contributed by atoms with van der Waals surface area (Å²) < 4.78 is 27.2. The standard InChI is InChI=1S/C20H27N3O3S2/c1-22(14-17-10-13-27-16-17)15-20(24)21-18-6-8-19(9-7-18)28(25,26)23-11-4-2-3-5-12-23/h6-10,13,16H,2-5,11-12,14-15H2,1H3,(H,21,24). The van der Waals surface area contributed by atoms with Crippen LogP contribution in [0, 0.1) is 0 Å². The molecule has 28 heavy (non-hydrogen) atoms. The highest BCUT2D eigenvalue weighted by molar-refractivity contribution is 7.89. The first-order valence-corrected chi connectivity index (χ1v) is 11.9. The Morgan fingerprint density at radius 3 is 2.39 bits per heavy atom. The zero-order valence-electron chi connectivity index (χ0n) is 16.1. The summed E-state index contributed by atoms with van der Waals surface area (Å²) in [6.45, 7) is 2.14. The van der Waals surface area contributed by atoms with Crippen LogP contribution in [0.2, 0.25) is 0 Å². The number of likely N-dealkylation sites (N-methyl/N-ethyl adjacent to an activating group) is 1. The first kappa shape index (κ1) is 21.0. The van der Waals surface area contributed by atoms with E-state index in [9.17, 15) is 13.2 Å². The third-order valence-electron chi connectivity index (χ3n) is 4.79. The van der Waals surface area contributed by atoms with Gasteiger partial charge in [0, 0.05) is 25.3 Å². The lowest BCUT2D eigenvalue weighted by molar-refractivity contribution is -0.117. The second kappa shape index (κ2) is 9.65. The van der Waals surface area contributed by atoms with Gasteiger partial charge in [-0.2, -0.15) is 15.6 Å². The predicted octanol–water partition coefficient (Wildman–Crippen LogP) is 3.38. The van der Waals surface area contributed by atoms with Gasteiger partial charge in [-0.1, -0.05) is 12.8 Å². The van der Waals surface area contributed by atoms with Gasteiger partial charge in [0.25, 0.3) is 0 Å². The van der Waals surface area contributed by atoms with E-state index < -0.39 is 10.0 Å². The molecule has 1 aliphatic heterocycles. The molecule has 0 aliphatic carbocycles. The number of carbonyl (C=O) groups excluding carboxylic acids is 1. The minimum Gasteiger partial charge on any atom is -0.325 e. The van der Waals surface area contributed by atoms with Crippen molar-refractivity contribution in [2.24, 2.45) is 0 Å². The number of anilines is 1. The van der Waals surface area contributed by atoms with Gasteiger partial charge in [-0.25, -0.2) is 8.42 Å². The lowest BCUT2D eigenvalue weighted by Gasteiger charge is -2.20. The number of thiophene rings is 1. The topological polar surface area (TPSA) is 69.7 Å². The van der Waals surface area contributed by atoms with E-state index in [1.165, 1.54) is 5.56 Å². The van der Waals surface area contributed by atoms with Crippen molar-refractivity contribution in [2.45, 2.75) is 37.1 Å². The molecule has 2 heterocycles. The fraction of sp³-hybridized carbons (Fsp3) is 0.450. The minimum absolute atomic E-state index is 0.124. The van der Waals surface area contributed by atoms with Gasteiger partial charge in [-0.05, 0) is 66.5 Å². The molecular formula is C20H27N3O3S2. The molecule has 1 aromatic carbocycles. The first-order valence-electron chi connectivity index (χ1n) is 9.55. The molecule has 0 saturated carbocycles. The van der Waals surface area contributed by atoms with Crippen molar-refractivity contribution in [3.8, 4) is 0 Å². The van der Waals surface area contributed by atoms with Crippen molar-refractivity contribution in [2.75, 3.05) is 32.0 Å². The van der Waals surface area contributed by atoms with Crippen molar-refractivity contribution in [3.63, 3.8) is 0 Å². The molecule has 6 nitrogen and oxygen atoms in total. The van der Waals surface area contributed by atoms with E-state index >= 15 is 0 Å². The Balaban J connectivity index is 1.56. The predicted molar refractivity (Wildman–Crippen MR) is 113 cm³/mol. The van der Waals surface area contributed by atoms with Gasteiger partial charge < -0.3 is 5.32 Å². The number of benzene rings is 1. The Morgan fingerprint density at radius 1 is 1.11 bits per heavy atom. The number of sulfonamides is 1. The van der Waals surface area contributed by atoms with Crippen LogP contribution in [0.25, 0.3) is 0 Å². The van der Waals surface area contributed by atoms with E-state index in [2.05, 4.69) is 10.7 Å². The Labute approximate surface area is 171 Å². The van der Waals surface area contributed by atoms with Crippen molar-refractivity contribution in [3.05, 3.63) is 46.7 Å². The molecule has 1 N–H and O–H groups in total. The highest BCUT2D eigenvalue weighted by atomic mass is 32.2. The van der Waals surface area contributed by atoms with Gasteiger partial charge in [0.05, 0.1) is 11.4 Å². The summed E-state index contributed by atoms with van der Waals surface area (Å²) in [5, 5.41) is 6.92. The molecule has 2 aromatic rings. The molecule has 1 aromatic heterocycles. The van der Waals surface area contributed by atoms with Gasteiger partial charge in [0.2, 0.25) is 15.9 Å². The van der Waals surface area contributed by atoms with Crippen LogP contribution in [0.3, 0.4) is 0 Å². The number of hydrogen-bond donors (Lipinski definition) is 1. The second-order valence-electron chi connectivity index (χ2n) is 7.19. The third-order valence-corrected chi connectivity index (χ3v) is 7.43. The summed E-state index contributed by atoms with van der Waals surface area (Å²) in [7, 11) is -1.57. The molecule has 8 heteroatoms. The summed E-state index contributed by atoms with van der Waals surface area (Å²) in [4.78, 5) is 14.5. The van der Waals surface area contributed by atoms with Crippen LogP contribution in [0.4, 0.5) is 5.69 Å². The number of nitrogens with one attached hydrogen (secondary N) is 1. The third kappa shape index (κ3) is 5.64. The lowest BCUT2D eigenvalue weighted by atomic mass is 10.2. The van der Waals surface area contributed by atoms with Crippen LogP contribution in [-0.4, -0.2) is 50.2 Å². The summed E-state index contributed by atoms with van der Waals surface area (Å²) in [6.07, 6.45) is 3.98. The van der Waals surface area contributed by atoms with Gasteiger partial charge in [-0.15, -0.1) is 0 Å². The van der Waals surface area contributed by atoms with E-state index in [-0.39, 0.29) is 17.3 Å². The number of nitrogens with zero attached hydrogens (tertiary/aromatic N) is 2. The molecule has 0 radical (unpaired) electrons. The Morgan fingerprint density at radius 2 is 1.79 bits per heavy atom. The molecule has 1 fully saturated rings. The van der Waals surface area contributed by atoms with Crippen LogP contribution in [-0.2, 0) is 21.4 Å². The first-order chi connectivity index (χ1) is 13.4. The minimum atomic E-state index is -3.47. The smallest absolute Gasteiger partial charge is 0.243 e. The summed E-state index contributed by atoms with van der Waals surface area (Å²) >= 11 is 1.64. The van der Waals surface area contributed by atoms with Crippen LogP contribution in [0.5, 0.6) is 0 Å². The number of carbonyl (C=O) groups is 1. The van der Waals surface area contributed by atoms with E-state index in [0.717, 1.165) is 25.7 Å². The van der Waals surface area contributed by atoms with Crippen LogP contribution in [0.1, 0.15) is 31.2 Å². The average molecular weight is 422 g/mol. The van der Waals surface area contributed by atoms with E-state index in [1.807, 2.05) is 23.4 Å². The lowest BCUT2D eigenvalue weighted by Crippen LogP contribution is -2.32. The second-order valence-corrected chi connectivity index (χ2v) is 9.91. The molecule has 3 rings (SSSR count).